The van der Waals surface area contributed by atoms with Gasteiger partial charge in [0, 0.05) is 6.07 Å². The third-order valence-electron chi connectivity index (χ3n) is 2.58. The van der Waals surface area contributed by atoms with E-state index in [1.807, 2.05) is 13.0 Å². The predicted molar refractivity (Wildman–Crippen MR) is 69.2 cm³/mol. The van der Waals surface area contributed by atoms with Gasteiger partial charge in [0.15, 0.2) is 0 Å². The summed E-state index contributed by atoms with van der Waals surface area (Å²) in [5.74, 6) is 1.38. The highest BCUT2D eigenvalue weighted by Gasteiger charge is 2.20. The molecule has 1 aromatic heterocycles. The average Bonchev–Trinajstić information content (AvgIpc) is 2.75. The van der Waals surface area contributed by atoms with E-state index in [1.54, 1.807) is 20.3 Å². The van der Waals surface area contributed by atoms with E-state index in [2.05, 4.69) is 5.16 Å². The molecule has 0 saturated heterocycles. The van der Waals surface area contributed by atoms with Crippen molar-refractivity contribution in [2.24, 2.45) is 0 Å². The van der Waals surface area contributed by atoms with Crippen molar-refractivity contribution < 1.29 is 14.0 Å². The third kappa shape index (κ3) is 1.97. The Morgan fingerprint density at radius 2 is 2.00 bits per heavy atom. The highest BCUT2D eigenvalue weighted by Crippen LogP contribution is 2.43. The number of rotatable bonds is 3. The fourth-order valence-corrected chi connectivity index (χ4v) is 2.20. The van der Waals surface area contributed by atoms with Crippen molar-refractivity contribution in [2.75, 3.05) is 20.0 Å². The van der Waals surface area contributed by atoms with Crippen molar-refractivity contribution in [1.29, 1.82) is 0 Å². The van der Waals surface area contributed by atoms with Gasteiger partial charge in [-0.25, -0.2) is 0 Å². The van der Waals surface area contributed by atoms with Crippen LogP contribution in [0.1, 0.15) is 5.56 Å². The topological polar surface area (TPSA) is 70.5 Å². The van der Waals surface area contributed by atoms with Crippen LogP contribution in [0.25, 0.3) is 11.3 Å². The Morgan fingerprint density at radius 3 is 2.50 bits per heavy atom. The number of nitrogens with zero attached hydrogens (tertiary/aromatic N) is 1. The molecule has 6 heteroatoms. The summed E-state index contributed by atoms with van der Waals surface area (Å²) < 4.78 is 15.4. The number of methoxy groups -OCH3 is 2. The lowest BCUT2D eigenvalue weighted by atomic mass is 10.1. The van der Waals surface area contributed by atoms with E-state index in [4.69, 9.17) is 31.3 Å². The maximum atomic E-state index is 6.31. The van der Waals surface area contributed by atoms with Gasteiger partial charge in [0.25, 0.3) is 0 Å². The Hall–Kier alpha value is -1.88. The van der Waals surface area contributed by atoms with Crippen LogP contribution in [0.3, 0.4) is 0 Å². The molecule has 0 spiro atoms. The van der Waals surface area contributed by atoms with Gasteiger partial charge < -0.3 is 19.7 Å². The van der Waals surface area contributed by atoms with E-state index < -0.39 is 0 Å². The quantitative estimate of drug-likeness (QED) is 0.927. The molecule has 0 amide bonds. The first-order valence-electron chi connectivity index (χ1n) is 5.22. The molecular formula is C12H13ClN2O3. The van der Waals surface area contributed by atoms with Crippen LogP contribution in [0, 0.1) is 6.92 Å². The third-order valence-corrected chi connectivity index (χ3v) is 2.94. The number of anilines is 1. The first kappa shape index (κ1) is 12.6. The highest BCUT2D eigenvalue weighted by atomic mass is 35.5. The minimum absolute atomic E-state index is 0.211. The van der Waals surface area contributed by atoms with Gasteiger partial charge in [0.1, 0.15) is 17.2 Å². The zero-order chi connectivity index (χ0) is 13.3. The molecule has 5 nitrogen and oxygen atoms in total. The van der Waals surface area contributed by atoms with Crippen LogP contribution in [0.2, 0.25) is 5.02 Å². The summed E-state index contributed by atoms with van der Waals surface area (Å²) in [5, 5.41) is 4.26. The van der Waals surface area contributed by atoms with E-state index in [-0.39, 0.29) is 5.88 Å². The van der Waals surface area contributed by atoms with Crippen molar-refractivity contribution in [2.45, 2.75) is 6.92 Å². The second-order valence-corrected chi connectivity index (χ2v) is 4.11. The van der Waals surface area contributed by atoms with Gasteiger partial charge in [-0.1, -0.05) is 16.8 Å². The molecule has 0 bridgehead atoms. The predicted octanol–water partition coefficient (Wildman–Crippen LogP) is 2.90. The van der Waals surface area contributed by atoms with Gasteiger partial charge in [-0.2, -0.15) is 0 Å². The maximum absolute atomic E-state index is 6.31. The normalized spacial score (nSPS) is 10.4. The number of hydrogen-bond donors (Lipinski definition) is 1. The number of benzene rings is 1. The molecule has 0 radical (unpaired) electrons. The molecule has 0 fully saturated rings. The summed E-state index contributed by atoms with van der Waals surface area (Å²) in [4.78, 5) is 0. The Morgan fingerprint density at radius 1 is 1.28 bits per heavy atom. The summed E-state index contributed by atoms with van der Waals surface area (Å²) in [6.07, 6.45) is 0. The number of ether oxygens (including phenoxy) is 2. The lowest BCUT2D eigenvalue weighted by molar-refractivity contribution is 0.401. The SMILES string of the molecule is COc1cc(C)c(OC)c(Cl)c1-c1cc(N)on1. The maximum Gasteiger partial charge on any atom is 0.222 e. The zero-order valence-electron chi connectivity index (χ0n) is 10.3. The fourth-order valence-electron chi connectivity index (χ4n) is 1.79. The molecule has 0 saturated carbocycles. The van der Waals surface area contributed by atoms with Crippen molar-refractivity contribution >= 4 is 17.5 Å². The van der Waals surface area contributed by atoms with Gasteiger partial charge in [0.2, 0.25) is 5.88 Å². The molecule has 0 aliphatic carbocycles. The molecule has 0 aliphatic heterocycles. The van der Waals surface area contributed by atoms with Crippen LogP contribution in [-0.2, 0) is 0 Å². The molecule has 96 valence electrons. The Kier molecular flexibility index (Phi) is 3.34. The molecular weight excluding hydrogens is 256 g/mol. The van der Waals surface area contributed by atoms with Crippen molar-refractivity contribution in [1.82, 2.24) is 5.16 Å². The van der Waals surface area contributed by atoms with Gasteiger partial charge in [0.05, 0.1) is 24.8 Å². The van der Waals surface area contributed by atoms with E-state index in [0.29, 0.717) is 27.8 Å². The molecule has 0 atom stereocenters. The van der Waals surface area contributed by atoms with Crippen molar-refractivity contribution in [3.63, 3.8) is 0 Å². The van der Waals surface area contributed by atoms with E-state index >= 15 is 0 Å². The van der Waals surface area contributed by atoms with Crippen LogP contribution in [0.5, 0.6) is 11.5 Å². The second kappa shape index (κ2) is 4.78. The molecule has 18 heavy (non-hydrogen) atoms. The largest absolute Gasteiger partial charge is 0.496 e. The first-order chi connectivity index (χ1) is 8.58. The standard InChI is InChI=1S/C12H13ClN2O3/c1-6-4-8(16-2)10(11(13)12(6)17-3)7-5-9(14)18-15-7/h4-5H,14H2,1-3H3. The molecule has 2 N–H and O–H groups in total. The average molecular weight is 269 g/mol. The van der Waals surface area contributed by atoms with E-state index in [0.717, 1.165) is 5.56 Å². The van der Waals surface area contributed by atoms with Gasteiger partial charge in [-0.05, 0) is 18.6 Å². The molecule has 0 unspecified atom stereocenters. The Balaban J connectivity index is 2.71. The summed E-state index contributed by atoms with van der Waals surface area (Å²) in [5.41, 5.74) is 7.49. The van der Waals surface area contributed by atoms with Crippen LogP contribution < -0.4 is 15.2 Å². The van der Waals surface area contributed by atoms with Crippen molar-refractivity contribution in [3.05, 3.63) is 22.7 Å². The van der Waals surface area contributed by atoms with Crippen molar-refractivity contribution in [3.8, 4) is 22.8 Å². The Bertz CT molecular complexity index is 581. The lowest BCUT2D eigenvalue weighted by Crippen LogP contribution is -1.95. The van der Waals surface area contributed by atoms with Crippen LogP contribution in [0.4, 0.5) is 5.88 Å². The van der Waals surface area contributed by atoms with Crippen LogP contribution >= 0.6 is 11.6 Å². The van der Waals surface area contributed by atoms with E-state index in [1.165, 1.54) is 0 Å². The molecule has 1 aromatic carbocycles. The summed E-state index contributed by atoms with van der Waals surface area (Å²) >= 11 is 6.31. The number of nitrogen functional groups attached to an aromatic ring is 1. The fraction of sp³-hybridized carbons (Fsp3) is 0.250. The summed E-state index contributed by atoms with van der Waals surface area (Å²) in [6.45, 7) is 1.88. The summed E-state index contributed by atoms with van der Waals surface area (Å²) in [6, 6.07) is 3.41. The van der Waals surface area contributed by atoms with E-state index in [9.17, 15) is 0 Å². The summed E-state index contributed by atoms with van der Waals surface area (Å²) in [7, 11) is 3.12. The number of aromatic nitrogens is 1. The minimum atomic E-state index is 0.211. The van der Waals surface area contributed by atoms with Gasteiger partial charge >= 0.3 is 0 Å². The number of nitrogens with two attached hydrogens (primary N) is 1. The molecule has 1 heterocycles. The second-order valence-electron chi connectivity index (χ2n) is 3.73. The number of aryl methyl sites for hydroxylation is 1. The Labute approximate surface area is 109 Å². The van der Waals surface area contributed by atoms with Gasteiger partial charge in [-0.3, -0.25) is 0 Å². The number of halogens is 1. The monoisotopic (exact) mass is 268 g/mol. The van der Waals surface area contributed by atoms with Crippen LogP contribution in [-0.4, -0.2) is 19.4 Å². The highest BCUT2D eigenvalue weighted by molar-refractivity contribution is 6.35. The minimum Gasteiger partial charge on any atom is -0.496 e. The lowest BCUT2D eigenvalue weighted by Gasteiger charge is -2.14. The molecule has 0 aliphatic rings. The smallest absolute Gasteiger partial charge is 0.222 e. The zero-order valence-corrected chi connectivity index (χ0v) is 11.0. The van der Waals surface area contributed by atoms with Gasteiger partial charge in [-0.15, -0.1) is 0 Å². The molecule has 2 aromatic rings. The number of hydrogen-bond acceptors (Lipinski definition) is 5. The molecule has 2 rings (SSSR count). The first-order valence-corrected chi connectivity index (χ1v) is 5.60. The van der Waals surface area contributed by atoms with Crippen LogP contribution in [0.15, 0.2) is 16.7 Å².